The predicted molar refractivity (Wildman–Crippen MR) is 74.5 cm³/mol. The van der Waals surface area contributed by atoms with Crippen molar-refractivity contribution < 1.29 is 4.74 Å². The van der Waals surface area contributed by atoms with Gasteiger partial charge in [-0.15, -0.1) is 0 Å². The highest BCUT2D eigenvalue weighted by molar-refractivity contribution is 7.99. The molecular weight excluding hydrogens is 264 g/mol. The minimum Gasteiger partial charge on any atom is -0.497 e. The van der Waals surface area contributed by atoms with Crippen molar-refractivity contribution in [1.29, 1.82) is 0 Å². The lowest BCUT2D eigenvalue weighted by Crippen LogP contribution is -1.81. The van der Waals surface area contributed by atoms with E-state index < -0.39 is 0 Å². The van der Waals surface area contributed by atoms with Gasteiger partial charge < -0.3 is 4.74 Å². The molecule has 0 aliphatic rings. The molecule has 0 aliphatic heterocycles. The van der Waals surface area contributed by atoms with Crippen LogP contribution in [-0.4, -0.2) is 15.9 Å². The molecule has 0 N–H and O–H groups in total. The zero-order valence-corrected chi connectivity index (χ0v) is 11.3. The second-order valence-electron chi connectivity index (χ2n) is 3.69. The zero-order valence-electron chi connectivity index (χ0n) is 9.66. The molecule has 3 rings (SSSR count). The second-order valence-corrected chi connectivity index (χ2v) is 5.37. The fraction of sp³-hybridized carbons (Fsp3) is 0.0769. The highest BCUT2D eigenvalue weighted by atomic mass is 32.2. The van der Waals surface area contributed by atoms with Crippen LogP contribution in [0.3, 0.4) is 0 Å². The number of hydrogen-bond donors (Lipinski definition) is 0. The van der Waals surface area contributed by atoms with Gasteiger partial charge in [-0.25, -0.2) is 0 Å². The number of aromatic nitrogens is 2. The Kier molecular flexibility index (Phi) is 3.17. The van der Waals surface area contributed by atoms with E-state index in [2.05, 4.69) is 20.9 Å². The Morgan fingerprint density at radius 3 is 2.44 bits per heavy atom. The molecule has 0 unspecified atom stereocenters. The average molecular weight is 274 g/mol. The summed E-state index contributed by atoms with van der Waals surface area (Å²) in [7, 11) is 1.67. The van der Waals surface area contributed by atoms with Crippen molar-refractivity contribution in [1.82, 2.24) is 8.75 Å². The maximum atomic E-state index is 5.14. The lowest BCUT2D eigenvalue weighted by atomic mass is 10.3. The van der Waals surface area contributed by atoms with Gasteiger partial charge in [0.05, 0.1) is 18.8 Å². The third kappa shape index (κ3) is 2.32. The highest BCUT2D eigenvalue weighted by Gasteiger charge is 2.02. The Morgan fingerprint density at radius 1 is 0.944 bits per heavy atom. The molecule has 2 aromatic carbocycles. The Labute approximate surface area is 113 Å². The number of methoxy groups -OCH3 is 1. The van der Waals surface area contributed by atoms with Crippen LogP contribution < -0.4 is 4.74 Å². The standard InChI is InChI=1S/C13H10N2OS2/c1-16-9-2-4-10(5-3-9)17-11-6-7-12-13(8-11)15-18-14-12/h2-8H,1H3. The van der Waals surface area contributed by atoms with Crippen LogP contribution >= 0.6 is 23.5 Å². The first-order valence-corrected chi connectivity index (χ1v) is 6.94. The van der Waals surface area contributed by atoms with Crippen molar-refractivity contribution in [3.05, 3.63) is 42.5 Å². The van der Waals surface area contributed by atoms with E-state index in [-0.39, 0.29) is 0 Å². The van der Waals surface area contributed by atoms with Gasteiger partial charge in [-0.1, -0.05) is 11.8 Å². The quantitative estimate of drug-likeness (QED) is 0.726. The minimum atomic E-state index is 0.874. The van der Waals surface area contributed by atoms with E-state index in [4.69, 9.17) is 4.74 Å². The molecule has 0 saturated heterocycles. The molecule has 3 aromatic rings. The van der Waals surface area contributed by atoms with Crippen LogP contribution in [-0.2, 0) is 0 Å². The summed E-state index contributed by atoms with van der Waals surface area (Å²) in [6.45, 7) is 0. The smallest absolute Gasteiger partial charge is 0.118 e. The Bertz CT molecular complexity index is 664. The van der Waals surface area contributed by atoms with Crippen LogP contribution in [0.15, 0.2) is 52.3 Å². The number of fused-ring (bicyclic) bond motifs is 1. The summed E-state index contributed by atoms with van der Waals surface area (Å²) < 4.78 is 13.6. The molecule has 0 aliphatic carbocycles. The molecule has 18 heavy (non-hydrogen) atoms. The van der Waals surface area contributed by atoms with E-state index in [1.807, 2.05) is 30.3 Å². The van der Waals surface area contributed by atoms with Gasteiger partial charge in [0.2, 0.25) is 0 Å². The van der Waals surface area contributed by atoms with Gasteiger partial charge >= 0.3 is 0 Å². The zero-order chi connectivity index (χ0) is 12.4. The van der Waals surface area contributed by atoms with Gasteiger partial charge in [-0.2, -0.15) is 8.75 Å². The monoisotopic (exact) mass is 274 g/mol. The van der Waals surface area contributed by atoms with Gasteiger partial charge in [0, 0.05) is 9.79 Å². The van der Waals surface area contributed by atoms with Gasteiger partial charge in [0.25, 0.3) is 0 Å². The number of ether oxygens (including phenoxy) is 1. The van der Waals surface area contributed by atoms with E-state index in [0.29, 0.717) is 0 Å². The maximum Gasteiger partial charge on any atom is 0.118 e. The van der Waals surface area contributed by atoms with Crippen molar-refractivity contribution in [2.24, 2.45) is 0 Å². The third-order valence-electron chi connectivity index (χ3n) is 2.52. The highest BCUT2D eigenvalue weighted by Crippen LogP contribution is 2.30. The molecule has 0 atom stereocenters. The Hall–Kier alpha value is -1.59. The molecule has 0 bridgehead atoms. The third-order valence-corrected chi connectivity index (χ3v) is 4.07. The van der Waals surface area contributed by atoms with E-state index in [9.17, 15) is 0 Å². The van der Waals surface area contributed by atoms with Crippen molar-refractivity contribution >= 4 is 34.5 Å². The van der Waals surface area contributed by atoms with Crippen LogP contribution in [0.2, 0.25) is 0 Å². The van der Waals surface area contributed by atoms with Crippen LogP contribution in [0.5, 0.6) is 5.75 Å². The molecule has 3 nitrogen and oxygen atoms in total. The molecule has 0 fully saturated rings. The molecule has 0 saturated carbocycles. The molecule has 5 heteroatoms. The first-order valence-electron chi connectivity index (χ1n) is 5.39. The summed E-state index contributed by atoms with van der Waals surface area (Å²) in [4.78, 5) is 2.35. The largest absolute Gasteiger partial charge is 0.497 e. The molecule has 1 heterocycles. The van der Waals surface area contributed by atoms with E-state index in [1.54, 1.807) is 18.9 Å². The molecule has 0 radical (unpaired) electrons. The summed E-state index contributed by atoms with van der Waals surface area (Å²) in [6.07, 6.45) is 0. The summed E-state index contributed by atoms with van der Waals surface area (Å²) in [5.41, 5.74) is 1.91. The van der Waals surface area contributed by atoms with E-state index in [0.717, 1.165) is 16.8 Å². The minimum absolute atomic E-state index is 0.874. The molecular formula is C13H10N2OS2. The van der Waals surface area contributed by atoms with E-state index >= 15 is 0 Å². The fourth-order valence-corrected chi connectivity index (χ4v) is 2.97. The molecule has 90 valence electrons. The Morgan fingerprint density at radius 2 is 1.67 bits per heavy atom. The molecule has 1 aromatic heterocycles. The summed E-state index contributed by atoms with van der Waals surface area (Å²) in [5, 5.41) is 0. The molecule has 0 amide bonds. The fourth-order valence-electron chi connectivity index (χ4n) is 1.61. The lowest BCUT2D eigenvalue weighted by Gasteiger charge is -2.03. The topological polar surface area (TPSA) is 35.0 Å². The lowest BCUT2D eigenvalue weighted by molar-refractivity contribution is 0.414. The summed E-state index contributed by atoms with van der Waals surface area (Å²) in [5.74, 6) is 0.874. The first-order chi connectivity index (χ1) is 8.85. The van der Waals surface area contributed by atoms with Crippen molar-refractivity contribution in [3.8, 4) is 5.75 Å². The van der Waals surface area contributed by atoms with Gasteiger partial charge in [-0.3, -0.25) is 0 Å². The number of rotatable bonds is 3. The van der Waals surface area contributed by atoms with Crippen molar-refractivity contribution in [3.63, 3.8) is 0 Å². The van der Waals surface area contributed by atoms with Crippen molar-refractivity contribution in [2.45, 2.75) is 9.79 Å². The summed E-state index contributed by atoms with van der Waals surface area (Å²) >= 11 is 2.95. The van der Waals surface area contributed by atoms with Crippen LogP contribution in [0.25, 0.3) is 11.0 Å². The predicted octanol–water partition coefficient (Wildman–Crippen LogP) is 3.85. The second kappa shape index (κ2) is 4.96. The molecule has 0 spiro atoms. The summed E-state index contributed by atoms with van der Waals surface area (Å²) in [6, 6.07) is 14.2. The van der Waals surface area contributed by atoms with Gasteiger partial charge in [0.15, 0.2) is 0 Å². The van der Waals surface area contributed by atoms with Crippen LogP contribution in [0.1, 0.15) is 0 Å². The first kappa shape index (κ1) is 11.5. The number of benzene rings is 2. The van der Waals surface area contributed by atoms with Crippen LogP contribution in [0.4, 0.5) is 0 Å². The average Bonchev–Trinajstić information content (AvgIpc) is 2.87. The van der Waals surface area contributed by atoms with Gasteiger partial charge in [0.1, 0.15) is 16.8 Å². The van der Waals surface area contributed by atoms with E-state index in [1.165, 1.54) is 21.5 Å². The van der Waals surface area contributed by atoms with Gasteiger partial charge in [-0.05, 0) is 42.5 Å². The number of nitrogens with zero attached hydrogens (tertiary/aromatic N) is 2. The van der Waals surface area contributed by atoms with Crippen molar-refractivity contribution in [2.75, 3.05) is 7.11 Å². The Balaban J connectivity index is 1.85. The normalized spacial score (nSPS) is 10.7. The maximum absolute atomic E-state index is 5.14. The SMILES string of the molecule is COc1ccc(Sc2ccc3nsnc3c2)cc1. The number of hydrogen-bond acceptors (Lipinski definition) is 5. The van der Waals surface area contributed by atoms with Crippen LogP contribution in [0, 0.1) is 0 Å².